The number of piperidine rings is 1. The molecule has 2 heterocycles. The van der Waals surface area contributed by atoms with E-state index in [0.29, 0.717) is 18.2 Å². The Balaban J connectivity index is 1.54. The summed E-state index contributed by atoms with van der Waals surface area (Å²) < 4.78 is 0. The number of rotatable bonds is 7. The molecular weight excluding hydrogens is 322 g/mol. The van der Waals surface area contributed by atoms with E-state index in [-0.39, 0.29) is 5.91 Å². The minimum absolute atomic E-state index is 0.0301. The van der Waals surface area contributed by atoms with E-state index in [1.54, 1.807) is 6.20 Å². The van der Waals surface area contributed by atoms with Crippen LogP contribution in [0.2, 0.25) is 0 Å². The maximum absolute atomic E-state index is 12.5. The van der Waals surface area contributed by atoms with Gasteiger partial charge in [0.1, 0.15) is 0 Å². The SMILES string of the molecule is CCC1CCCCN1c1cncc(C(=O)NCCCc2ccccc2)c1. The van der Waals surface area contributed by atoms with Gasteiger partial charge in [-0.1, -0.05) is 37.3 Å². The molecule has 1 N–H and O–H groups in total. The van der Waals surface area contributed by atoms with Crippen molar-refractivity contribution in [2.45, 2.75) is 51.5 Å². The predicted molar refractivity (Wildman–Crippen MR) is 107 cm³/mol. The average molecular weight is 351 g/mol. The first kappa shape index (κ1) is 18.4. The van der Waals surface area contributed by atoms with E-state index in [2.05, 4.69) is 46.4 Å². The lowest BCUT2D eigenvalue weighted by Crippen LogP contribution is -2.39. The molecule has 0 radical (unpaired) electrons. The van der Waals surface area contributed by atoms with E-state index in [1.165, 1.54) is 24.8 Å². The van der Waals surface area contributed by atoms with Crippen LogP contribution in [0.1, 0.15) is 54.9 Å². The fraction of sp³-hybridized carbons (Fsp3) is 0.455. The minimum atomic E-state index is -0.0301. The molecule has 4 heteroatoms. The maximum atomic E-state index is 12.5. The molecule has 1 saturated heterocycles. The van der Waals surface area contributed by atoms with Crippen molar-refractivity contribution < 1.29 is 4.79 Å². The van der Waals surface area contributed by atoms with Crippen LogP contribution >= 0.6 is 0 Å². The number of hydrogen-bond acceptors (Lipinski definition) is 3. The standard InChI is InChI=1S/C22H29N3O/c1-2-20-12-6-7-14-25(20)21-15-19(16-23-17-21)22(26)24-13-8-11-18-9-4-3-5-10-18/h3-5,9-10,15-17,20H,2,6-8,11-14H2,1H3,(H,24,26). The lowest BCUT2D eigenvalue weighted by Gasteiger charge is -2.37. The molecule has 1 aliphatic heterocycles. The number of hydrogen-bond donors (Lipinski definition) is 1. The van der Waals surface area contributed by atoms with Gasteiger partial charge in [0.05, 0.1) is 17.4 Å². The van der Waals surface area contributed by atoms with Gasteiger partial charge in [0, 0.05) is 25.3 Å². The molecule has 1 fully saturated rings. The highest BCUT2D eigenvalue weighted by Gasteiger charge is 2.22. The van der Waals surface area contributed by atoms with Gasteiger partial charge in [-0.2, -0.15) is 0 Å². The second-order valence-electron chi connectivity index (χ2n) is 7.03. The first-order chi connectivity index (χ1) is 12.8. The van der Waals surface area contributed by atoms with Gasteiger partial charge in [-0.3, -0.25) is 9.78 Å². The van der Waals surface area contributed by atoms with Gasteiger partial charge in [-0.05, 0) is 50.2 Å². The van der Waals surface area contributed by atoms with E-state index in [9.17, 15) is 4.79 Å². The Hall–Kier alpha value is -2.36. The summed E-state index contributed by atoms with van der Waals surface area (Å²) in [6, 6.07) is 12.9. The molecule has 26 heavy (non-hydrogen) atoms. The van der Waals surface area contributed by atoms with Crippen LogP contribution in [0.5, 0.6) is 0 Å². The van der Waals surface area contributed by atoms with E-state index in [1.807, 2.05) is 18.3 Å². The molecule has 1 aromatic carbocycles. The van der Waals surface area contributed by atoms with Crippen molar-refractivity contribution in [1.29, 1.82) is 0 Å². The third-order valence-electron chi connectivity index (χ3n) is 5.19. The van der Waals surface area contributed by atoms with Crippen LogP contribution in [0.3, 0.4) is 0 Å². The van der Waals surface area contributed by atoms with E-state index in [4.69, 9.17) is 0 Å². The zero-order valence-corrected chi connectivity index (χ0v) is 15.7. The van der Waals surface area contributed by atoms with Crippen LogP contribution in [-0.2, 0) is 6.42 Å². The highest BCUT2D eigenvalue weighted by atomic mass is 16.1. The molecule has 3 rings (SSSR count). The number of aryl methyl sites for hydroxylation is 1. The Kier molecular flexibility index (Phi) is 6.64. The van der Waals surface area contributed by atoms with Crippen LogP contribution in [-0.4, -0.2) is 30.0 Å². The number of amides is 1. The summed E-state index contributed by atoms with van der Waals surface area (Å²) in [6.45, 7) is 3.97. The number of carbonyl (C=O) groups excluding carboxylic acids is 1. The van der Waals surface area contributed by atoms with Crippen LogP contribution in [0.15, 0.2) is 48.8 Å². The summed E-state index contributed by atoms with van der Waals surface area (Å²) in [5, 5.41) is 3.03. The summed E-state index contributed by atoms with van der Waals surface area (Å²) in [4.78, 5) is 19.2. The van der Waals surface area contributed by atoms with E-state index < -0.39 is 0 Å². The van der Waals surface area contributed by atoms with Gasteiger partial charge >= 0.3 is 0 Å². The number of benzene rings is 1. The lowest BCUT2D eigenvalue weighted by atomic mass is 9.99. The Morgan fingerprint density at radius 3 is 2.88 bits per heavy atom. The Bertz CT molecular complexity index is 702. The topological polar surface area (TPSA) is 45.2 Å². The van der Waals surface area contributed by atoms with Crippen molar-refractivity contribution in [2.24, 2.45) is 0 Å². The van der Waals surface area contributed by atoms with Crippen LogP contribution < -0.4 is 10.2 Å². The van der Waals surface area contributed by atoms with Crippen LogP contribution in [0, 0.1) is 0 Å². The van der Waals surface area contributed by atoms with Crippen molar-refractivity contribution in [2.75, 3.05) is 18.0 Å². The van der Waals surface area contributed by atoms with Gasteiger partial charge in [-0.25, -0.2) is 0 Å². The first-order valence-corrected chi connectivity index (χ1v) is 9.81. The summed E-state index contributed by atoms with van der Waals surface area (Å²) in [6.07, 6.45) is 10.3. The molecule has 1 aliphatic rings. The Morgan fingerprint density at radius 2 is 2.08 bits per heavy atom. The molecule has 4 nitrogen and oxygen atoms in total. The molecule has 2 aromatic rings. The smallest absolute Gasteiger partial charge is 0.252 e. The third-order valence-corrected chi connectivity index (χ3v) is 5.19. The Morgan fingerprint density at radius 1 is 1.23 bits per heavy atom. The van der Waals surface area contributed by atoms with Crippen molar-refractivity contribution in [3.63, 3.8) is 0 Å². The number of carbonyl (C=O) groups is 1. The molecule has 0 saturated carbocycles. The summed E-state index contributed by atoms with van der Waals surface area (Å²) in [5.74, 6) is -0.0301. The monoisotopic (exact) mass is 351 g/mol. The molecule has 1 aromatic heterocycles. The van der Waals surface area contributed by atoms with Crippen LogP contribution in [0.4, 0.5) is 5.69 Å². The summed E-state index contributed by atoms with van der Waals surface area (Å²) in [5.41, 5.74) is 3.04. The zero-order chi connectivity index (χ0) is 18.2. The summed E-state index contributed by atoms with van der Waals surface area (Å²) in [7, 11) is 0. The second-order valence-corrected chi connectivity index (χ2v) is 7.03. The number of aromatic nitrogens is 1. The number of nitrogens with one attached hydrogen (secondary N) is 1. The lowest BCUT2D eigenvalue weighted by molar-refractivity contribution is 0.0953. The minimum Gasteiger partial charge on any atom is -0.367 e. The molecule has 0 bridgehead atoms. The predicted octanol–water partition coefficient (Wildman–Crippen LogP) is 4.21. The van der Waals surface area contributed by atoms with Crippen molar-refractivity contribution >= 4 is 11.6 Å². The molecule has 1 amide bonds. The van der Waals surface area contributed by atoms with Gasteiger partial charge in [0.2, 0.25) is 0 Å². The van der Waals surface area contributed by atoms with Gasteiger partial charge in [-0.15, -0.1) is 0 Å². The number of nitrogens with zero attached hydrogens (tertiary/aromatic N) is 2. The fourth-order valence-electron chi connectivity index (χ4n) is 3.72. The van der Waals surface area contributed by atoms with Gasteiger partial charge in [0.25, 0.3) is 5.91 Å². The largest absolute Gasteiger partial charge is 0.367 e. The number of anilines is 1. The molecule has 1 unspecified atom stereocenters. The highest BCUT2D eigenvalue weighted by Crippen LogP contribution is 2.26. The number of pyridine rings is 1. The van der Waals surface area contributed by atoms with Crippen molar-refractivity contribution in [3.8, 4) is 0 Å². The van der Waals surface area contributed by atoms with E-state index >= 15 is 0 Å². The third kappa shape index (κ3) is 4.84. The first-order valence-electron chi connectivity index (χ1n) is 9.81. The highest BCUT2D eigenvalue weighted by molar-refractivity contribution is 5.94. The molecule has 1 atom stereocenters. The normalized spacial score (nSPS) is 17.1. The van der Waals surface area contributed by atoms with Crippen molar-refractivity contribution in [1.82, 2.24) is 10.3 Å². The van der Waals surface area contributed by atoms with Gasteiger partial charge < -0.3 is 10.2 Å². The van der Waals surface area contributed by atoms with E-state index in [0.717, 1.165) is 31.5 Å². The maximum Gasteiger partial charge on any atom is 0.252 e. The summed E-state index contributed by atoms with van der Waals surface area (Å²) >= 11 is 0. The van der Waals surface area contributed by atoms with Gasteiger partial charge in [0.15, 0.2) is 0 Å². The molecular formula is C22H29N3O. The zero-order valence-electron chi connectivity index (χ0n) is 15.7. The molecule has 0 aliphatic carbocycles. The van der Waals surface area contributed by atoms with Crippen molar-refractivity contribution in [3.05, 3.63) is 59.9 Å². The molecule has 0 spiro atoms. The Labute approximate surface area is 156 Å². The fourth-order valence-corrected chi connectivity index (χ4v) is 3.72. The molecule has 138 valence electrons. The quantitative estimate of drug-likeness (QED) is 0.760. The van der Waals surface area contributed by atoms with Crippen LogP contribution in [0.25, 0.3) is 0 Å². The second kappa shape index (κ2) is 9.37. The average Bonchev–Trinajstić information content (AvgIpc) is 2.72.